The summed E-state index contributed by atoms with van der Waals surface area (Å²) in [5.74, 6) is 0. The highest BCUT2D eigenvalue weighted by molar-refractivity contribution is 7.10. The number of thiophene rings is 1. The maximum absolute atomic E-state index is 5.50. The average molecular weight is 317 g/mol. The molecule has 1 heterocycles. The summed E-state index contributed by atoms with van der Waals surface area (Å²) < 4.78 is 21.0. The summed E-state index contributed by atoms with van der Waals surface area (Å²) in [6.07, 6.45) is 0. The van der Waals surface area contributed by atoms with Crippen molar-refractivity contribution in [1.82, 2.24) is 5.32 Å². The van der Waals surface area contributed by atoms with Crippen LogP contribution in [0.4, 0.5) is 0 Å². The van der Waals surface area contributed by atoms with E-state index < -0.39 is 0 Å². The van der Waals surface area contributed by atoms with E-state index in [2.05, 4.69) is 29.8 Å². The van der Waals surface area contributed by atoms with Crippen molar-refractivity contribution in [3.05, 3.63) is 22.4 Å². The van der Waals surface area contributed by atoms with Crippen molar-refractivity contribution in [2.24, 2.45) is 0 Å². The molecule has 21 heavy (non-hydrogen) atoms. The minimum atomic E-state index is 0.383. The van der Waals surface area contributed by atoms with Gasteiger partial charge in [0.15, 0.2) is 0 Å². The molecular formula is C15H27NO4S. The molecule has 5 nitrogen and oxygen atoms in total. The Kier molecular flexibility index (Phi) is 11.6. The average Bonchev–Trinajstić information content (AvgIpc) is 3.02. The lowest BCUT2D eigenvalue weighted by atomic mass is 10.3. The molecule has 0 aliphatic carbocycles. The topological polar surface area (TPSA) is 49.0 Å². The molecule has 1 unspecified atom stereocenters. The van der Waals surface area contributed by atoms with Crippen LogP contribution >= 0.6 is 11.3 Å². The van der Waals surface area contributed by atoms with Crippen molar-refractivity contribution in [2.75, 3.05) is 59.9 Å². The highest BCUT2D eigenvalue weighted by Crippen LogP contribution is 2.17. The lowest BCUT2D eigenvalue weighted by molar-refractivity contribution is 0.00396. The van der Waals surface area contributed by atoms with Gasteiger partial charge in [-0.25, -0.2) is 0 Å². The van der Waals surface area contributed by atoms with Crippen molar-refractivity contribution < 1.29 is 18.9 Å². The standard InChI is InChI=1S/C15H27NO4S/c1-14(15-4-3-13-21-15)16-5-6-18-9-10-20-12-11-19-8-7-17-2/h3-4,13-14,16H,5-12H2,1-2H3. The van der Waals surface area contributed by atoms with Crippen LogP contribution in [0.5, 0.6) is 0 Å². The first kappa shape index (κ1) is 18.5. The SMILES string of the molecule is COCCOCCOCCOCCNC(C)c1cccs1. The quantitative estimate of drug-likeness (QED) is 0.533. The third kappa shape index (κ3) is 9.95. The van der Waals surface area contributed by atoms with Crippen LogP contribution in [-0.4, -0.2) is 59.9 Å². The fourth-order valence-electron chi connectivity index (χ4n) is 1.67. The summed E-state index contributed by atoms with van der Waals surface area (Å²) in [6, 6.07) is 4.60. The molecule has 0 amide bonds. The summed E-state index contributed by atoms with van der Waals surface area (Å²) in [4.78, 5) is 1.35. The molecule has 0 saturated carbocycles. The molecule has 0 bridgehead atoms. The predicted molar refractivity (Wildman–Crippen MR) is 85.1 cm³/mol. The van der Waals surface area contributed by atoms with Gasteiger partial charge in [-0.15, -0.1) is 11.3 Å². The van der Waals surface area contributed by atoms with Crippen LogP contribution in [0.25, 0.3) is 0 Å². The minimum Gasteiger partial charge on any atom is -0.382 e. The second-order valence-corrected chi connectivity index (χ2v) is 5.50. The number of rotatable bonds is 14. The zero-order valence-electron chi connectivity index (χ0n) is 13.0. The number of ether oxygens (including phenoxy) is 4. The van der Waals surface area contributed by atoms with Gasteiger partial charge in [-0.2, -0.15) is 0 Å². The monoisotopic (exact) mass is 317 g/mol. The van der Waals surface area contributed by atoms with Crippen molar-refractivity contribution in [2.45, 2.75) is 13.0 Å². The molecule has 1 rings (SSSR count). The van der Waals surface area contributed by atoms with Gasteiger partial charge in [-0.1, -0.05) is 6.07 Å². The molecule has 0 aliphatic heterocycles. The molecule has 122 valence electrons. The van der Waals surface area contributed by atoms with E-state index in [1.165, 1.54) is 4.88 Å². The predicted octanol–water partition coefficient (Wildman–Crippen LogP) is 2.09. The Hall–Kier alpha value is -0.500. The van der Waals surface area contributed by atoms with Crippen LogP contribution in [0.15, 0.2) is 17.5 Å². The Morgan fingerprint density at radius 2 is 1.62 bits per heavy atom. The molecule has 1 aromatic rings. The molecular weight excluding hydrogens is 290 g/mol. The molecule has 1 aromatic heterocycles. The van der Waals surface area contributed by atoms with Gasteiger partial charge in [0.1, 0.15) is 0 Å². The van der Waals surface area contributed by atoms with Gasteiger partial charge in [-0.3, -0.25) is 0 Å². The summed E-state index contributed by atoms with van der Waals surface area (Å²) in [6.45, 7) is 7.37. The van der Waals surface area contributed by atoms with Gasteiger partial charge in [0.05, 0.1) is 46.2 Å². The number of nitrogens with one attached hydrogen (secondary N) is 1. The Bertz CT molecular complexity index is 321. The van der Waals surface area contributed by atoms with Crippen molar-refractivity contribution in [3.63, 3.8) is 0 Å². The van der Waals surface area contributed by atoms with Crippen molar-refractivity contribution in [3.8, 4) is 0 Å². The van der Waals surface area contributed by atoms with Gasteiger partial charge in [0.2, 0.25) is 0 Å². The molecule has 6 heteroatoms. The van der Waals surface area contributed by atoms with Crippen LogP contribution in [0.2, 0.25) is 0 Å². The van der Waals surface area contributed by atoms with Crippen LogP contribution in [0.1, 0.15) is 17.8 Å². The summed E-state index contributed by atoms with van der Waals surface area (Å²) >= 11 is 1.77. The van der Waals surface area contributed by atoms with E-state index in [4.69, 9.17) is 18.9 Å². The Balaban J connectivity index is 1.78. The largest absolute Gasteiger partial charge is 0.382 e. The molecule has 0 spiro atoms. The zero-order chi connectivity index (χ0) is 15.2. The van der Waals surface area contributed by atoms with Gasteiger partial charge >= 0.3 is 0 Å². The van der Waals surface area contributed by atoms with Crippen LogP contribution in [0, 0.1) is 0 Å². The fraction of sp³-hybridized carbons (Fsp3) is 0.733. The van der Waals surface area contributed by atoms with Crippen LogP contribution in [0.3, 0.4) is 0 Å². The molecule has 0 aromatic carbocycles. The van der Waals surface area contributed by atoms with E-state index in [0.717, 1.165) is 6.54 Å². The number of hydrogen-bond donors (Lipinski definition) is 1. The molecule has 1 N–H and O–H groups in total. The van der Waals surface area contributed by atoms with E-state index in [1.54, 1.807) is 18.4 Å². The number of hydrogen-bond acceptors (Lipinski definition) is 6. The first-order chi connectivity index (χ1) is 10.3. The molecule has 0 fully saturated rings. The van der Waals surface area contributed by atoms with Gasteiger partial charge in [-0.05, 0) is 18.4 Å². The third-order valence-corrected chi connectivity index (χ3v) is 3.90. The van der Waals surface area contributed by atoms with E-state index in [1.807, 2.05) is 0 Å². The smallest absolute Gasteiger partial charge is 0.0701 e. The Morgan fingerprint density at radius 1 is 1.00 bits per heavy atom. The maximum atomic E-state index is 5.50. The highest BCUT2D eigenvalue weighted by Gasteiger charge is 2.04. The van der Waals surface area contributed by atoms with Crippen molar-refractivity contribution >= 4 is 11.3 Å². The van der Waals surface area contributed by atoms with Gasteiger partial charge in [0, 0.05) is 24.6 Å². The molecule has 0 saturated heterocycles. The summed E-state index contributed by atoms with van der Waals surface area (Å²) in [5, 5.41) is 5.53. The third-order valence-electron chi connectivity index (χ3n) is 2.84. The molecule has 0 radical (unpaired) electrons. The molecule has 0 aliphatic rings. The van der Waals surface area contributed by atoms with E-state index in [-0.39, 0.29) is 0 Å². The fourth-order valence-corrected chi connectivity index (χ4v) is 2.43. The van der Waals surface area contributed by atoms with E-state index in [0.29, 0.717) is 52.3 Å². The van der Waals surface area contributed by atoms with E-state index in [9.17, 15) is 0 Å². The lowest BCUT2D eigenvalue weighted by Gasteiger charge is -2.12. The second-order valence-electron chi connectivity index (χ2n) is 4.52. The lowest BCUT2D eigenvalue weighted by Crippen LogP contribution is -2.23. The summed E-state index contributed by atoms with van der Waals surface area (Å²) in [5.41, 5.74) is 0. The highest BCUT2D eigenvalue weighted by atomic mass is 32.1. The normalized spacial score (nSPS) is 12.7. The second kappa shape index (κ2) is 13.2. The maximum Gasteiger partial charge on any atom is 0.0701 e. The first-order valence-corrected chi connectivity index (χ1v) is 8.21. The zero-order valence-corrected chi connectivity index (χ0v) is 13.8. The van der Waals surface area contributed by atoms with E-state index >= 15 is 0 Å². The minimum absolute atomic E-state index is 0.383. The summed E-state index contributed by atoms with van der Waals surface area (Å²) in [7, 11) is 1.66. The first-order valence-electron chi connectivity index (χ1n) is 7.33. The Labute approximate surface area is 131 Å². The van der Waals surface area contributed by atoms with Crippen LogP contribution in [-0.2, 0) is 18.9 Å². The van der Waals surface area contributed by atoms with Gasteiger partial charge in [0.25, 0.3) is 0 Å². The Morgan fingerprint density at radius 3 is 2.19 bits per heavy atom. The van der Waals surface area contributed by atoms with Gasteiger partial charge < -0.3 is 24.3 Å². The number of methoxy groups -OCH3 is 1. The molecule has 1 atom stereocenters. The van der Waals surface area contributed by atoms with Crippen molar-refractivity contribution in [1.29, 1.82) is 0 Å². The van der Waals surface area contributed by atoms with Crippen LogP contribution < -0.4 is 5.32 Å².